The van der Waals surface area contributed by atoms with Crippen molar-refractivity contribution in [1.29, 1.82) is 0 Å². The molecule has 0 aliphatic heterocycles. The van der Waals surface area contributed by atoms with Gasteiger partial charge in [0.25, 0.3) is 0 Å². The Labute approximate surface area is 125 Å². The van der Waals surface area contributed by atoms with Gasteiger partial charge in [-0.1, -0.05) is 70.4 Å². The van der Waals surface area contributed by atoms with Gasteiger partial charge in [-0.15, -0.1) is 0 Å². The second-order valence-electron chi connectivity index (χ2n) is 6.82. The third kappa shape index (κ3) is 4.34. The minimum Gasteiger partial charge on any atom is -0.307 e. The van der Waals surface area contributed by atoms with E-state index in [0.717, 1.165) is 17.9 Å². The Morgan fingerprint density at radius 1 is 1.10 bits per heavy atom. The molecule has 1 aliphatic rings. The van der Waals surface area contributed by atoms with Crippen LogP contribution in [0, 0.1) is 11.8 Å². The summed E-state index contributed by atoms with van der Waals surface area (Å²) < 4.78 is 0. The van der Waals surface area contributed by atoms with E-state index in [1.807, 2.05) is 0 Å². The number of benzene rings is 1. The molecule has 1 N–H and O–H groups in total. The SMILES string of the molecule is CCC1CCCCC1NC(CC(C)C)c1ccccc1. The molecule has 1 aromatic carbocycles. The van der Waals surface area contributed by atoms with E-state index in [-0.39, 0.29) is 0 Å². The summed E-state index contributed by atoms with van der Waals surface area (Å²) in [7, 11) is 0. The second kappa shape index (κ2) is 7.83. The molecule has 3 atom stereocenters. The van der Waals surface area contributed by atoms with E-state index in [0.29, 0.717) is 6.04 Å². The lowest BCUT2D eigenvalue weighted by Crippen LogP contribution is -2.40. The van der Waals surface area contributed by atoms with Gasteiger partial charge in [-0.2, -0.15) is 0 Å². The van der Waals surface area contributed by atoms with Crippen molar-refractivity contribution in [1.82, 2.24) is 5.32 Å². The van der Waals surface area contributed by atoms with E-state index in [1.54, 1.807) is 0 Å². The molecule has 1 saturated carbocycles. The van der Waals surface area contributed by atoms with Crippen molar-refractivity contribution < 1.29 is 0 Å². The van der Waals surface area contributed by atoms with Crippen molar-refractivity contribution in [3.8, 4) is 0 Å². The van der Waals surface area contributed by atoms with Gasteiger partial charge in [0.05, 0.1) is 0 Å². The van der Waals surface area contributed by atoms with Gasteiger partial charge < -0.3 is 5.32 Å². The highest BCUT2D eigenvalue weighted by molar-refractivity contribution is 5.19. The van der Waals surface area contributed by atoms with Gasteiger partial charge in [0.2, 0.25) is 0 Å². The zero-order valence-corrected chi connectivity index (χ0v) is 13.4. The van der Waals surface area contributed by atoms with E-state index in [4.69, 9.17) is 0 Å². The van der Waals surface area contributed by atoms with Crippen LogP contribution in [0.25, 0.3) is 0 Å². The van der Waals surface area contributed by atoms with E-state index in [9.17, 15) is 0 Å². The Hall–Kier alpha value is -0.820. The maximum Gasteiger partial charge on any atom is 0.0325 e. The zero-order chi connectivity index (χ0) is 14.4. The lowest BCUT2D eigenvalue weighted by Gasteiger charge is -2.35. The van der Waals surface area contributed by atoms with Crippen LogP contribution in [0.2, 0.25) is 0 Å². The zero-order valence-electron chi connectivity index (χ0n) is 13.4. The molecule has 20 heavy (non-hydrogen) atoms. The molecule has 1 fully saturated rings. The minimum absolute atomic E-state index is 0.522. The standard InChI is InChI=1S/C19H31N/c1-4-16-10-8-9-13-18(16)20-19(14-15(2)3)17-11-6-5-7-12-17/h5-7,11-12,15-16,18-20H,4,8-10,13-14H2,1-3H3. The Morgan fingerprint density at radius 2 is 1.80 bits per heavy atom. The summed E-state index contributed by atoms with van der Waals surface area (Å²) in [5.41, 5.74) is 1.46. The third-order valence-electron chi connectivity index (χ3n) is 4.76. The second-order valence-corrected chi connectivity index (χ2v) is 6.82. The van der Waals surface area contributed by atoms with Crippen LogP contribution in [0.15, 0.2) is 30.3 Å². The number of hydrogen-bond acceptors (Lipinski definition) is 1. The molecule has 0 bridgehead atoms. The van der Waals surface area contributed by atoms with Gasteiger partial charge in [-0.05, 0) is 36.7 Å². The van der Waals surface area contributed by atoms with E-state index >= 15 is 0 Å². The molecule has 0 heterocycles. The molecule has 1 aromatic rings. The van der Waals surface area contributed by atoms with Gasteiger partial charge >= 0.3 is 0 Å². The predicted octanol–water partition coefficient (Wildman–Crippen LogP) is 5.33. The quantitative estimate of drug-likeness (QED) is 0.738. The van der Waals surface area contributed by atoms with Gasteiger partial charge in [0.1, 0.15) is 0 Å². The van der Waals surface area contributed by atoms with Crippen molar-refractivity contribution in [2.75, 3.05) is 0 Å². The molecule has 0 radical (unpaired) electrons. The summed E-state index contributed by atoms with van der Waals surface area (Å²) in [6.45, 7) is 7.01. The van der Waals surface area contributed by atoms with Crippen molar-refractivity contribution in [2.45, 2.75) is 71.4 Å². The lowest BCUT2D eigenvalue weighted by atomic mass is 9.82. The molecular weight excluding hydrogens is 242 g/mol. The minimum atomic E-state index is 0.522. The van der Waals surface area contributed by atoms with Crippen LogP contribution in [-0.2, 0) is 0 Å². The normalized spacial score (nSPS) is 24.8. The average molecular weight is 273 g/mol. The summed E-state index contributed by atoms with van der Waals surface area (Å²) in [4.78, 5) is 0. The molecule has 1 heteroatoms. The maximum absolute atomic E-state index is 4.00. The molecule has 112 valence electrons. The lowest BCUT2D eigenvalue weighted by molar-refractivity contribution is 0.227. The largest absolute Gasteiger partial charge is 0.307 e. The Morgan fingerprint density at radius 3 is 2.45 bits per heavy atom. The van der Waals surface area contributed by atoms with Crippen LogP contribution in [0.1, 0.15) is 70.9 Å². The number of hydrogen-bond donors (Lipinski definition) is 1. The molecule has 0 aromatic heterocycles. The van der Waals surface area contributed by atoms with Crippen molar-refractivity contribution in [2.24, 2.45) is 11.8 Å². The summed E-state index contributed by atoms with van der Waals surface area (Å²) in [5.74, 6) is 1.61. The fraction of sp³-hybridized carbons (Fsp3) is 0.684. The molecular formula is C19H31N. The molecule has 2 rings (SSSR count). The average Bonchev–Trinajstić information content (AvgIpc) is 2.47. The van der Waals surface area contributed by atoms with Crippen LogP contribution in [0.3, 0.4) is 0 Å². The molecule has 3 unspecified atom stereocenters. The van der Waals surface area contributed by atoms with Gasteiger partial charge in [-0.25, -0.2) is 0 Å². The summed E-state index contributed by atoms with van der Waals surface area (Å²) in [5, 5.41) is 4.00. The summed E-state index contributed by atoms with van der Waals surface area (Å²) >= 11 is 0. The Bertz CT molecular complexity index is 371. The van der Waals surface area contributed by atoms with Crippen molar-refractivity contribution >= 4 is 0 Å². The molecule has 1 nitrogen and oxygen atoms in total. The maximum atomic E-state index is 4.00. The van der Waals surface area contributed by atoms with Crippen LogP contribution in [0.5, 0.6) is 0 Å². The first-order valence-electron chi connectivity index (χ1n) is 8.51. The van der Waals surface area contributed by atoms with Crippen molar-refractivity contribution in [3.63, 3.8) is 0 Å². The van der Waals surface area contributed by atoms with Gasteiger partial charge in [0, 0.05) is 12.1 Å². The topological polar surface area (TPSA) is 12.0 Å². The smallest absolute Gasteiger partial charge is 0.0325 e. The van der Waals surface area contributed by atoms with Crippen LogP contribution in [0.4, 0.5) is 0 Å². The third-order valence-corrected chi connectivity index (χ3v) is 4.76. The molecule has 1 aliphatic carbocycles. The fourth-order valence-electron chi connectivity index (χ4n) is 3.63. The van der Waals surface area contributed by atoms with Crippen LogP contribution < -0.4 is 5.32 Å². The first kappa shape index (κ1) is 15.6. The number of nitrogens with one attached hydrogen (secondary N) is 1. The van der Waals surface area contributed by atoms with Gasteiger partial charge in [0.15, 0.2) is 0 Å². The summed E-state index contributed by atoms with van der Waals surface area (Å²) in [6.07, 6.45) is 8.16. The highest BCUT2D eigenvalue weighted by atomic mass is 15.0. The first-order valence-corrected chi connectivity index (χ1v) is 8.51. The number of rotatable bonds is 6. The van der Waals surface area contributed by atoms with Crippen molar-refractivity contribution in [3.05, 3.63) is 35.9 Å². The molecule has 0 saturated heterocycles. The Balaban J connectivity index is 2.07. The van der Waals surface area contributed by atoms with Crippen LogP contribution in [-0.4, -0.2) is 6.04 Å². The Kier molecular flexibility index (Phi) is 6.09. The van der Waals surface area contributed by atoms with Gasteiger partial charge in [-0.3, -0.25) is 0 Å². The molecule has 0 amide bonds. The fourth-order valence-corrected chi connectivity index (χ4v) is 3.63. The highest BCUT2D eigenvalue weighted by Crippen LogP contribution is 2.30. The monoisotopic (exact) mass is 273 g/mol. The molecule has 0 spiro atoms. The van der Waals surface area contributed by atoms with Crippen LogP contribution >= 0.6 is 0 Å². The van der Waals surface area contributed by atoms with E-state index in [1.165, 1.54) is 44.1 Å². The highest BCUT2D eigenvalue weighted by Gasteiger charge is 2.26. The van der Waals surface area contributed by atoms with E-state index in [2.05, 4.69) is 56.4 Å². The first-order chi connectivity index (χ1) is 9.70. The predicted molar refractivity (Wildman–Crippen MR) is 87.8 cm³/mol. The van der Waals surface area contributed by atoms with E-state index < -0.39 is 0 Å². The summed E-state index contributed by atoms with van der Waals surface area (Å²) in [6, 6.07) is 12.3.